The summed E-state index contributed by atoms with van der Waals surface area (Å²) in [7, 11) is 0. The smallest absolute Gasteiger partial charge is 0.234 e. The highest BCUT2D eigenvalue weighted by Crippen LogP contribution is 2.12. The molecule has 1 unspecified atom stereocenters. The van der Waals surface area contributed by atoms with Gasteiger partial charge in [0.25, 0.3) is 0 Å². The van der Waals surface area contributed by atoms with Gasteiger partial charge >= 0.3 is 0 Å². The molecule has 4 heteroatoms. The molecule has 2 heterocycles. The number of nitrogens with one attached hydrogen (secondary N) is 2. The van der Waals surface area contributed by atoms with E-state index in [4.69, 9.17) is 0 Å². The molecule has 0 aliphatic carbocycles. The molecule has 0 aromatic rings. The Balaban J connectivity index is 1.66. The van der Waals surface area contributed by atoms with Crippen LogP contribution in [0.1, 0.15) is 32.1 Å². The Morgan fingerprint density at radius 1 is 1.33 bits per heavy atom. The molecule has 1 atom stereocenters. The third-order valence-electron chi connectivity index (χ3n) is 3.28. The van der Waals surface area contributed by atoms with E-state index in [1.807, 2.05) is 0 Å². The summed E-state index contributed by atoms with van der Waals surface area (Å²) in [4.78, 5) is 11.7. The Labute approximate surface area is 91.4 Å². The summed E-state index contributed by atoms with van der Waals surface area (Å²) < 4.78 is 0. The first-order chi connectivity index (χ1) is 7.34. The first-order valence-electron chi connectivity index (χ1n) is 6.10. The van der Waals surface area contributed by atoms with Crippen molar-refractivity contribution < 1.29 is 4.79 Å². The van der Waals surface area contributed by atoms with Gasteiger partial charge in [-0.1, -0.05) is 6.42 Å². The molecular formula is C11H21N3O. The summed E-state index contributed by atoms with van der Waals surface area (Å²) in [5, 5.41) is 5.37. The Morgan fingerprint density at radius 3 is 2.80 bits per heavy atom. The van der Waals surface area contributed by atoms with Crippen molar-refractivity contribution in [3.8, 4) is 0 Å². The fraction of sp³-hybridized carbons (Fsp3) is 0.909. The second-order valence-electron chi connectivity index (χ2n) is 4.65. The average molecular weight is 211 g/mol. The van der Waals surface area contributed by atoms with E-state index < -0.39 is 0 Å². The van der Waals surface area contributed by atoms with E-state index in [1.165, 1.54) is 19.3 Å². The number of nitrogens with zero attached hydrogens (tertiary/aromatic N) is 1. The molecule has 0 saturated carbocycles. The van der Waals surface area contributed by atoms with Crippen molar-refractivity contribution in [2.45, 2.75) is 32.1 Å². The normalized spacial score (nSPS) is 27.9. The monoisotopic (exact) mass is 211 g/mol. The second kappa shape index (κ2) is 5.47. The number of carbonyl (C=O) groups excluding carboxylic acids is 1. The molecule has 2 aliphatic rings. The zero-order chi connectivity index (χ0) is 10.5. The maximum absolute atomic E-state index is 11.7. The van der Waals surface area contributed by atoms with Gasteiger partial charge in [-0.2, -0.15) is 0 Å². The minimum absolute atomic E-state index is 0.200. The van der Waals surface area contributed by atoms with E-state index in [-0.39, 0.29) is 5.91 Å². The predicted octanol–water partition coefficient (Wildman–Crippen LogP) is 0.503. The Kier molecular flexibility index (Phi) is 3.97. The van der Waals surface area contributed by atoms with Crippen LogP contribution in [0.4, 0.5) is 0 Å². The molecule has 1 amide bonds. The van der Waals surface area contributed by atoms with Gasteiger partial charge in [-0.05, 0) is 38.3 Å². The van der Waals surface area contributed by atoms with Crippen molar-refractivity contribution in [2.24, 2.45) is 5.92 Å². The van der Waals surface area contributed by atoms with Gasteiger partial charge in [0.2, 0.25) is 5.91 Å². The summed E-state index contributed by atoms with van der Waals surface area (Å²) in [5.41, 5.74) is 3.01. The summed E-state index contributed by atoms with van der Waals surface area (Å²) in [6.45, 7) is 4.12. The quantitative estimate of drug-likeness (QED) is 0.714. The van der Waals surface area contributed by atoms with E-state index in [0.29, 0.717) is 12.3 Å². The fourth-order valence-electron chi connectivity index (χ4n) is 2.38. The van der Waals surface area contributed by atoms with Crippen LogP contribution in [0.3, 0.4) is 0 Å². The van der Waals surface area contributed by atoms with E-state index in [2.05, 4.69) is 15.8 Å². The average Bonchev–Trinajstić information content (AvgIpc) is 2.71. The molecule has 15 heavy (non-hydrogen) atoms. The van der Waals surface area contributed by atoms with Crippen LogP contribution in [0, 0.1) is 5.92 Å². The second-order valence-corrected chi connectivity index (χ2v) is 4.65. The van der Waals surface area contributed by atoms with Gasteiger partial charge in [0.1, 0.15) is 0 Å². The maximum atomic E-state index is 11.7. The standard InChI is InChI=1S/C11H21N3O/c15-11(8-10-4-5-12-9-10)13-14-6-2-1-3-7-14/h10,12H,1-9H2,(H,13,15). The summed E-state index contributed by atoms with van der Waals surface area (Å²) >= 11 is 0. The van der Waals surface area contributed by atoms with Crippen LogP contribution < -0.4 is 10.7 Å². The van der Waals surface area contributed by atoms with Crippen LogP contribution in [-0.2, 0) is 4.79 Å². The highest BCUT2D eigenvalue weighted by atomic mass is 16.2. The molecule has 4 nitrogen and oxygen atoms in total. The lowest BCUT2D eigenvalue weighted by atomic mass is 10.1. The van der Waals surface area contributed by atoms with Gasteiger partial charge < -0.3 is 5.32 Å². The highest BCUT2D eigenvalue weighted by molar-refractivity contribution is 5.75. The van der Waals surface area contributed by atoms with Crippen molar-refractivity contribution in [2.75, 3.05) is 26.2 Å². The van der Waals surface area contributed by atoms with Crippen LogP contribution in [-0.4, -0.2) is 37.1 Å². The topological polar surface area (TPSA) is 44.4 Å². The lowest BCUT2D eigenvalue weighted by molar-refractivity contribution is -0.127. The zero-order valence-electron chi connectivity index (χ0n) is 9.30. The minimum atomic E-state index is 0.200. The molecule has 2 aliphatic heterocycles. The number of rotatable bonds is 3. The van der Waals surface area contributed by atoms with Crippen molar-refractivity contribution in [1.29, 1.82) is 0 Å². The summed E-state index contributed by atoms with van der Waals surface area (Å²) in [6, 6.07) is 0. The maximum Gasteiger partial charge on any atom is 0.234 e. The van der Waals surface area contributed by atoms with Gasteiger partial charge in [0, 0.05) is 19.5 Å². The molecule has 2 saturated heterocycles. The van der Waals surface area contributed by atoms with Crippen LogP contribution in [0.25, 0.3) is 0 Å². The number of amides is 1. The van der Waals surface area contributed by atoms with Crippen LogP contribution in [0.5, 0.6) is 0 Å². The first-order valence-corrected chi connectivity index (χ1v) is 6.10. The van der Waals surface area contributed by atoms with Gasteiger partial charge in [-0.15, -0.1) is 0 Å². The number of hydrogen-bond donors (Lipinski definition) is 2. The Bertz CT molecular complexity index is 208. The number of hydrogen-bond acceptors (Lipinski definition) is 3. The Hall–Kier alpha value is -0.610. The molecule has 0 bridgehead atoms. The van der Waals surface area contributed by atoms with E-state index in [1.54, 1.807) is 0 Å². The highest BCUT2D eigenvalue weighted by Gasteiger charge is 2.19. The first kappa shape index (κ1) is 10.9. The Morgan fingerprint density at radius 2 is 2.13 bits per heavy atom. The molecule has 0 radical (unpaired) electrons. The van der Waals surface area contributed by atoms with E-state index in [9.17, 15) is 4.79 Å². The van der Waals surface area contributed by atoms with E-state index >= 15 is 0 Å². The van der Waals surface area contributed by atoms with Gasteiger partial charge in [-0.3, -0.25) is 10.2 Å². The lowest BCUT2D eigenvalue weighted by Gasteiger charge is -2.27. The number of hydrazine groups is 1. The minimum Gasteiger partial charge on any atom is -0.316 e. The third-order valence-corrected chi connectivity index (χ3v) is 3.28. The molecule has 0 spiro atoms. The molecule has 2 N–H and O–H groups in total. The lowest BCUT2D eigenvalue weighted by Crippen LogP contribution is -2.45. The molecule has 2 fully saturated rings. The van der Waals surface area contributed by atoms with Crippen LogP contribution in [0.2, 0.25) is 0 Å². The van der Waals surface area contributed by atoms with Crippen molar-refractivity contribution >= 4 is 5.91 Å². The SMILES string of the molecule is O=C(CC1CCNC1)NN1CCCCC1. The predicted molar refractivity (Wildman–Crippen MR) is 59.2 cm³/mol. The molecule has 2 rings (SSSR count). The van der Waals surface area contributed by atoms with Crippen molar-refractivity contribution in [1.82, 2.24) is 15.8 Å². The summed E-state index contributed by atoms with van der Waals surface area (Å²) in [6.07, 6.45) is 5.56. The van der Waals surface area contributed by atoms with Crippen LogP contribution >= 0.6 is 0 Å². The molecule has 86 valence electrons. The third kappa shape index (κ3) is 3.47. The molecule has 0 aromatic heterocycles. The van der Waals surface area contributed by atoms with E-state index in [0.717, 1.165) is 32.6 Å². The molecule has 0 aromatic carbocycles. The fourth-order valence-corrected chi connectivity index (χ4v) is 2.38. The largest absolute Gasteiger partial charge is 0.316 e. The zero-order valence-corrected chi connectivity index (χ0v) is 9.30. The summed E-state index contributed by atoms with van der Waals surface area (Å²) in [5.74, 6) is 0.750. The number of carbonyl (C=O) groups is 1. The van der Waals surface area contributed by atoms with Crippen molar-refractivity contribution in [3.63, 3.8) is 0 Å². The van der Waals surface area contributed by atoms with Crippen LogP contribution in [0.15, 0.2) is 0 Å². The van der Waals surface area contributed by atoms with Gasteiger partial charge in [-0.25, -0.2) is 5.01 Å². The van der Waals surface area contributed by atoms with Gasteiger partial charge in [0.05, 0.1) is 0 Å². The molecular weight excluding hydrogens is 190 g/mol. The van der Waals surface area contributed by atoms with Crippen molar-refractivity contribution in [3.05, 3.63) is 0 Å². The number of piperidine rings is 1. The van der Waals surface area contributed by atoms with Gasteiger partial charge in [0.15, 0.2) is 0 Å².